The number of rotatable bonds is 2. The van der Waals surface area contributed by atoms with Gasteiger partial charge in [0.25, 0.3) is 0 Å². The first-order valence-electron chi connectivity index (χ1n) is 6.52. The Morgan fingerprint density at radius 3 is 2.33 bits per heavy atom. The fraction of sp³-hybridized carbons (Fsp3) is 1.00. The molecule has 2 nitrogen and oxygen atoms in total. The predicted molar refractivity (Wildman–Crippen MR) is 60.7 cm³/mol. The van der Waals surface area contributed by atoms with Crippen molar-refractivity contribution in [3.63, 3.8) is 0 Å². The maximum atomic E-state index is 9.04. The molecule has 0 bridgehead atoms. The predicted octanol–water partition coefficient (Wildman–Crippen LogP) is 2.60. The molecule has 0 amide bonds. The zero-order chi connectivity index (χ0) is 10.7. The van der Waals surface area contributed by atoms with Gasteiger partial charge >= 0.3 is 0 Å². The normalized spacial score (nSPS) is 42.8. The van der Waals surface area contributed by atoms with Crippen molar-refractivity contribution in [2.45, 2.75) is 51.6 Å². The van der Waals surface area contributed by atoms with Gasteiger partial charge in [0.1, 0.15) is 0 Å². The van der Waals surface area contributed by atoms with Gasteiger partial charge in [0.05, 0.1) is 12.7 Å². The van der Waals surface area contributed by atoms with Crippen LogP contribution in [-0.2, 0) is 4.74 Å². The highest BCUT2D eigenvalue weighted by atomic mass is 16.5. The fourth-order valence-corrected chi connectivity index (χ4v) is 3.00. The quantitative estimate of drug-likeness (QED) is 0.762. The Balaban J connectivity index is 1.75. The first-order chi connectivity index (χ1) is 7.29. The average Bonchev–Trinajstić information content (AvgIpc) is 2.30. The number of hydrogen-bond acceptors (Lipinski definition) is 2. The number of aliphatic hydroxyl groups is 1. The molecular weight excluding hydrogens is 188 g/mol. The van der Waals surface area contributed by atoms with Gasteiger partial charge in [-0.25, -0.2) is 0 Å². The Morgan fingerprint density at radius 1 is 1.07 bits per heavy atom. The summed E-state index contributed by atoms with van der Waals surface area (Å²) in [4.78, 5) is 0. The van der Waals surface area contributed by atoms with Crippen LogP contribution in [0.4, 0.5) is 0 Å². The molecule has 2 atom stereocenters. The van der Waals surface area contributed by atoms with Crippen LogP contribution in [0.5, 0.6) is 0 Å². The Kier molecular flexibility index (Phi) is 4.04. The molecular formula is C13H24O2. The lowest BCUT2D eigenvalue weighted by molar-refractivity contribution is -0.0667. The van der Waals surface area contributed by atoms with E-state index >= 15 is 0 Å². The van der Waals surface area contributed by atoms with Crippen LogP contribution in [0.1, 0.15) is 45.4 Å². The molecule has 1 saturated heterocycles. The fourth-order valence-electron chi connectivity index (χ4n) is 3.00. The summed E-state index contributed by atoms with van der Waals surface area (Å²) in [5, 5.41) is 9.04. The summed E-state index contributed by atoms with van der Waals surface area (Å²) in [6, 6.07) is 0. The summed E-state index contributed by atoms with van der Waals surface area (Å²) in [6.07, 6.45) is 8.31. The van der Waals surface area contributed by atoms with Gasteiger partial charge in [0, 0.05) is 12.5 Å². The van der Waals surface area contributed by atoms with Crippen molar-refractivity contribution in [3.05, 3.63) is 0 Å². The average molecular weight is 212 g/mol. The van der Waals surface area contributed by atoms with E-state index in [9.17, 15) is 0 Å². The Bertz CT molecular complexity index is 177. The highest BCUT2D eigenvalue weighted by Crippen LogP contribution is 2.35. The summed E-state index contributed by atoms with van der Waals surface area (Å²) in [5.41, 5.74) is 0. The molecule has 1 N–H and O–H groups in total. The molecule has 0 spiro atoms. The summed E-state index contributed by atoms with van der Waals surface area (Å²) in [6.45, 7) is 3.45. The monoisotopic (exact) mass is 212 g/mol. The number of hydrogen-bond donors (Lipinski definition) is 1. The van der Waals surface area contributed by atoms with Crippen LogP contribution >= 0.6 is 0 Å². The third kappa shape index (κ3) is 2.94. The van der Waals surface area contributed by atoms with Crippen molar-refractivity contribution >= 4 is 0 Å². The van der Waals surface area contributed by atoms with E-state index < -0.39 is 0 Å². The second-order valence-electron chi connectivity index (χ2n) is 5.52. The van der Waals surface area contributed by atoms with Crippen LogP contribution in [0.3, 0.4) is 0 Å². The van der Waals surface area contributed by atoms with Crippen molar-refractivity contribution < 1.29 is 9.84 Å². The summed E-state index contributed by atoms with van der Waals surface area (Å²) in [5.74, 6) is 2.14. The molecule has 0 aromatic carbocycles. The lowest BCUT2D eigenvalue weighted by atomic mass is 9.78. The van der Waals surface area contributed by atoms with Gasteiger partial charge in [-0.2, -0.15) is 0 Å². The lowest BCUT2D eigenvalue weighted by Crippen LogP contribution is -2.34. The van der Waals surface area contributed by atoms with E-state index in [0.29, 0.717) is 18.6 Å². The second-order valence-corrected chi connectivity index (χ2v) is 5.52. The molecule has 2 fully saturated rings. The first-order valence-corrected chi connectivity index (χ1v) is 6.52. The van der Waals surface area contributed by atoms with Crippen molar-refractivity contribution in [1.29, 1.82) is 0 Å². The molecule has 2 unspecified atom stereocenters. The van der Waals surface area contributed by atoms with Gasteiger partial charge in [0.15, 0.2) is 0 Å². The second kappa shape index (κ2) is 5.31. The summed E-state index contributed by atoms with van der Waals surface area (Å²) >= 11 is 0. The molecule has 2 aliphatic rings. The van der Waals surface area contributed by atoms with E-state index in [1.807, 2.05) is 0 Å². The zero-order valence-corrected chi connectivity index (χ0v) is 9.82. The smallest absolute Gasteiger partial charge is 0.0603 e. The molecule has 0 radical (unpaired) electrons. The molecule has 1 aliphatic carbocycles. The van der Waals surface area contributed by atoms with Crippen molar-refractivity contribution in [2.75, 3.05) is 13.2 Å². The molecule has 2 heteroatoms. The maximum absolute atomic E-state index is 9.04. The van der Waals surface area contributed by atoms with Gasteiger partial charge in [-0.3, -0.25) is 0 Å². The Hall–Kier alpha value is -0.0800. The largest absolute Gasteiger partial charge is 0.396 e. The van der Waals surface area contributed by atoms with E-state index in [1.165, 1.54) is 32.1 Å². The minimum absolute atomic E-state index is 0.300. The minimum atomic E-state index is 0.300. The van der Waals surface area contributed by atoms with Crippen LogP contribution in [0.15, 0.2) is 0 Å². The van der Waals surface area contributed by atoms with Gasteiger partial charge in [-0.15, -0.1) is 0 Å². The van der Waals surface area contributed by atoms with E-state index in [-0.39, 0.29) is 0 Å². The number of ether oxygens (including phenoxy) is 1. The lowest BCUT2D eigenvalue weighted by Gasteiger charge is -2.36. The molecule has 0 aromatic heterocycles. The van der Waals surface area contributed by atoms with Crippen molar-refractivity contribution in [1.82, 2.24) is 0 Å². The highest BCUT2D eigenvalue weighted by Gasteiger charge is 2.30. The third-order valence-corrected chi connectivity index (χ3v) is 4.25. The van der Waals surface area contributed by atoms with Crippen molar-refractivity contribution in [3.8, 4) is 0 Å². The zero-order valence-electron chi connectivity index (χ0n) is 9.82. The van der Waals surface area contributed by atoms with E-state index in [1.54, 1.807) is 0 Å². The van der Waals surface area contributed by atoms with E-state index in [4.69, 9.17) is 9.84 Å². The molecule has 0 aromatic rings. The van der Waals surface area contributed by atoms with Crippen LogP contribution in [0, 0.1) is 17.8 Å². The molecule has 2 rings (SSSR count). The van der Waals surface area contributed by atoms with Crippen LogP contribution < -0.4 is 0 Å². The van der Waals surface area contributed by atoms with E-state index in [2.05, 4.69) is 6.92 Å². The standard InChI is InChI=1S/C13H24O2/c1-10-2-5-12(6-3-10)13-7-4-11(8-14)9-15-13/h10-14H,2-9H2,1H3. The van der Waals surface area contributed by atoms with Gasteiger partial charge in [0.2, 0.25) is 0 Å². The minimum Gasteiger partial charge on any atom is -0.396 e. The Morgan fingerprint density at radius 2 is 1.80 bits per heavy atom. The van der Waals surface area contributed by atoms with Gasteiger partial charge in [-0.1, -0.05) is 19.8 Å². The SMILES string of the molecule is CC1CCC(C2CCC(CO)CO2)CC1. The maximum Gasteiger partial charge on any atom is 0.0603 e. The highest BCUT2D eigenvalue weighted by molar-refractivity contribution is 4.80. The molecule has 1 heterocycles. The van der Waals surface area contributed by atoms with Crippen LogP contribution in [0.25, 0.3) is 0 Å². The molecule has 88 valence electrons. The topological polar surface area (TPSA) is 29.5 Å². The van der Waals surface area contributed by atoms with Crippen LogP contribution in [0.2, 0.25) is 0 Å². The van der Waals surface area contributed by atoms with Crippen LogP contribution in [-0.4, -0.2) is 24.4 Å². The Labute approximate surface area is 93.0 Å². The van der Waals surface area contributed by atoms with E-state index in [0.717, 1.165) is 24.9 Å². The molecule has 1 saturated carbocycles. The van der Waals surface area contributed by atoms with Gasteiger partial charge < -0.3 is 9.84 Å². The number of aliphatic hydroxyl groups excluding tert-OH is 1. The molecule has 1 aliphatic heterocycles. The first kappa shape index (κ1) is 11.4. The van der Waals surface area contributed by atoms with Gasteiger partial charge in [-0.05, 0) is 37.5 Å². The third-order valence-electron chi connectivity index (χ3n) is 4.25. The summed E-state index contributed by atoms with van der Waals surface area (Å²) < 4.78 is 5.90. The van der Waals surface area contributed by atoms with Crippen molar-refractivity contribution in [2.24, 2.45) is 17.8 Å². The summed E-state index contributed by atoms with van der Waals surface area (Å²) in [7, 11) is 0. The molecule has 15 heavy (non-hydrogen) atoms.